The monoisotopic (exact) mass is 524 g/mol. The van der Waals surface area contributed by atoms with Crippen molar-refractivity contribution >= 4 is 28.6 Å². The molecule has 1 heterocycles. The van der Waals surface area contributed by atoms with E-state index >= 15 is 0 Å². The van der Waals surface area contributed by atoms with Crippen LogP contribution in [-0.2, 0) is 0 Å². The maximum atomic E-state index is 13.7. The van der Waals surface area contributed by atoms with Crippen LogP contribution < -0.4 is 0 Å². The Morgan fingerprint density at radius 2 is 1.26 bits per heavy atom. The number of fused-ring (bicyclic) bond motifs is 1. The molecule has 194 valence electrons. The largest absolute Gasteiger partial charge is 0.508 e. The van der Waals surface area contributed by atoms with Gasteiger partial charge in [-0.25, -0.2) is 0 Å². The van der Waals surface area contributed by atoms with E-state index in [9.17, 15) is 40.2 Å². The van der Waals surface area contributed by atoms with Gasteiger partial charge < -0.3 is 35.1 Å². The molecule has 0 saturated heterocycles. The second-order valence-corrected chi connectivity index (χ2v) is 8.67. The lowest BCUT2D eigenvalue weighted by Gasteiger charge is -2.07. The van der Waals surface area contributed by atoms with Crippen molar-refractivity contribution in [2.75, 3.05) is 0 Å². The minimum Gasteiger partial charge on any atom is -0.508 e. The molecule has 39 heavy (non-hydrogen) atoms. The van der Waals surface area contributed by atoms with E-state index in [0.717, 1.165) is 18.2 Å². The second-order valence-electron chi connectivity index (χ2n) is 8.67. The fourth-order valence-electron chi connectivity index (χ4n) is 4.20. The molecule has 5 rings (SSSR count). The summed E-state index contributed by atoms with van der Waals surface area (Å²) in [6.07, 6.45) is 2.61. The first kappa shape index (κ1) is 25.0. The summed E-state index contributed by atoms with van der Waals surface area (Å²) >= 11 is 0. The van der Waals surface area contributed by atoms with Crippen LogP contribution in [0.5, 0.6) is 34.5 Å². The van der Waals surface area contributed by atoms with Crippen molar-refractivity contribution in [1.29, 1.82) is 0 Å². The predicted molar refractivity (Wildman–Crippen MR) is 141 cm³/mol. The topological polar surface area (TPSA) is 169 Å². The zero-order chi connectivity index (χ0) is 27.8. The van der Waals surface area contributed by atoms with Crippen molar-refractivity contribution in [2.45, 2.75) is 0 Å². The third-order valence-electron chi connectivity index (χ3n) is 6.07. The summed E-state index contributed by atoms with van der Waals surface area (Å²) in [4.78, 5) is 27.0. The Balaban J connectivity index is 1.75. The van der Waals surface area contributed by atoms with Crippen LogP contribution in [0, 0.1) is 0 Å². The molecule has 0 aliphatic heterocycles. The Morgan fingerprint density at radius 1 is 0.641 bits per heavy atom. The van der Waals surface area contributed by atoms with Crippen molar-refractivity contribution < 1.29 is 44.6 Å². The van der Waals surface area contributed by atoms with E-state index in [1.54, 1.807) is 12.1 Å². The van der Waals surface area contributed by atoms with Gasteiger partial charge in [-0.05, 0) is 60.2 Å². The van der Waals surface area contributed by atoms with Crippen LogP contribution in [-0.4, -0.2) is 42.2 Å². The van der Waals surface area contributed by atoms with Gasteiger partial charge in [0, 0.05) is 17.7 Å². The standard InChI is InChI=1S/C30H20O9/c31-17-6-1-15(2-7-17)3-12-21(34)25-23(36)14-24(37)26-27(28(38)20-11-10-19(33)13-22(20)35)29(39-30(25)26)16-4-8-18(32)9-5-16/h1-14,31-33,35-37H. The maximum Gasteiger partial charge on any atom is 0.201 e. The molecular formula is C30H20O9. The second kappa shape index (κ2) is 9.64. The molecule has 9 heteroatoms. The summed E-state index contributed by atoms with van der Waals surface area (Å²) in [5.41, 5.74) is -0.167. The number of carbonyl (C=O) groups is 2. The van der Waals surface area contributed by atoms with E-state index in [0.29, 0.717) is 11.1 Å². The van der Waals surface area contributed by atoms with Gasteiger partial charge in [0.15, 0.2) is 11.4 Å². The molecule has 4 aromatic carbocycles. The summed E-state index contributed by atoms with van der Waals surface area (Å²) < 4.78 is 5.97. The van der Waals surface area contributed by atoms with Crippen LogP contribution in [0.25, 0.3) is 28.4 Å². The number of allylic oxidation sites excluding steroid dienone is 1. The number of rotatable bonds is 6. The van der Waals surface area contributed by atoms with Crippen LogP contribution in [0.2, 0.25) is 0 Å². The Morgan fingerprint density at radius 3 is 1.90 bits per heavy atom. The SMILES string of the molecule is O=C(C=Cc1ccc(O)cc1)c1c(O)cc(O)c2c(C(=O)c3ccc(O)cc3O)c(-c3ccc(O)cc3)oc12. The lowest BCUT2D eigenvalue weighted by Crippen LogP contribution is -2.03. The zero-order valence-corrected chi connectivity index (χ0v) is 20.0. The first-order chi connectivity index (χ1) is 18.6. The molecule has 0 saturated carbocycles. The molecule has 0 spiro atoms. The average Bonchev–Trinajstić information content (AvgIpc) is 3.29. The summed E-state index contributed by atoms with van der Waals surface area (Å²) in [5, 5.41) is 60.5. The minimum atomic E-state index is -0.798. The Labute approximate surface area is 220 Å². The number of aromatic hydroxyl groups is 6. The van der Waals surface area contributed by atoms with Crippen molar-refractivity contribution in [3.8, 4) is 45.8 Å². The highest BCUT2D eigenvalue weighted by Crippen LogP contribution is 2.45. The molecule has 0 atom stereocenters. The number of hydrogen-bond donors (Lipinski definition) is 6. The van der Waals surface area contributed by atoms with E-state index in [1.807, 2.05) is 0 Å². The lowest BCUT2D eigenvalue weighted by molar-refractivity contribution is 0.103. The quantitative estimate of drug-likeness (QED) is 0.125. The van der Waals surface area contributed by atoms with Gasteiger partial charge in [0.05, 0.1) is 16.5 Å². The van der Waals surface area contributed by atoms with Crippen molar-refractivity contribution in [3.05, 3.63) is 101 Å². The highest BCUT2D eigenvalue weighted by molar-refractivity contribution is 6.25. The Hall–Kier alpha value is -5.70. The van der Waals surface area contributed by atoms with Gasteiger partial charge in [0.1, 0.15) is 45.8 Å². The van der Waals surface area contributed by atoms with Gasteiger partial charge in [-0.15, -0.1) is 0 Å². The lowest BCUT2D eigenvalue weighted by atomic mass is 9.94. The number of hydrogen-bond acceptors (Lipinski definition) is 9. The third-order valence-corrected chi connectivity index (χ3v) is 6.07. The highest BCUT2D eigenvalue weighted by atomic mass is 16.3. The number of benzene rings is 4. The normalized spacial score (nSPS) is 11.3. The van der Waals surface area contributed by atoms with E-state index in [1.165, 1.54) is 54.6 Å². The van der Waals surface area contributed by atoms with Crippen LogP contribution in [0.1, 0.15) is 31.8 Å². The van der Waals surface area contributed by atoms with Crippen molar-refractivity contribution in [2.24, 2.45) is 0 Å². The van der Waals surface area contributed by atoms with Gasteiger partial charge in [0.2, 0.25) is 5.78 Å². The van der Waals surface area contributed by atoms with Crippen LogP contribution in [0.3, 0.4) is 0 Å². The number of furan rings is 1. The minimum absolute atomic E-state index is 0.0468. The third kappa shape index (κ3) is 4.60. The Kier molecular flexibility index (Phi) is 6.17. The zero-order valence-electron chi connectivity index (χ0n) is 20.0. The van der Waals surface area contributed by atoms with Crippen molar-refractivity contribution in [1.82, 2.24) is 0 Å². The molecule has 0 unspecified atom stereocenters. The molecule has 6 N–H and O–H groups in total. The highest BCUT2D eigenvalue weighted by Gasteiger charge is 2.31. The molecular weight excluding hydrogens is 504 g/mol. The summed E-state index contributed by atoms with van der Waals surface area (Å²) in [5.74, 6) is -3.58. The maximum absolute atomic E-state index is 13.7. The average molecular weight is 524 g/mol. The van der Waals surface area contributed by atoms with E-state index in [-0.39, 0.29) is 50.7 Å². The first-order valence-electron chi connectivity index (χ1n) is 11.5. The molecule has 5 aromatic rings. The first-order valence-corrected chi connectivity index (χ1v) is 11.5. The molecule has 0 fully saturated rings. The van der Waals surface area contributed by atoms with Gasteiger partial charge in [-0.2, -0.15) is 0 Å². The molecule has 0 aliphatic rings. The Bertz CT molecular complexity index is 1780. The summed E-state index contributed by atoms with van der Waals surface area (Å²) in [7, 11) is 0. The van der Waals surface area contributed by atoms with Crippen LogP contribution >= 0.6 is 0 Å². The number of phenolic OH excluding ortho intramolecular Hbond substituents is 6. The molecule has 0 radical (unpaired) electrons. The van der Waals surface area contributed by atoms with Crippen LogP contribution in [0.4, 0.5) is 0 Å². The number of carbonyl (C=O) groups excluding carboxylic acids is 2. The van der Waals surface area contributed by atoms with Gasteiger partial charge in [-0.3, -0.25) is 9.59 Å². The van der Waals surface area contributed by atoms with Gasteiger partial charge in [0.25, 0.3) is 0 Å². The molecule has 9 nitrogen and oxygen atoms in total. The molecule has 0 aliphatic carbocycles. The van der Waals surface area contributed by atoms with Crippen LogP contribution in [0.15, 0.2) is 83.3 Å². The number of phenols is 6. The molecule has 0 bridgehead atoms. The van der Waals surface area contributed by atoms with E-state index in [2.05, 4.69) is 0 Å². The predicted octanol–water partition coefficient (Wildman–Crippen LogP) is 5.46. The van der Waals surface area contributed by atoms with Gasteiger partial charge in [-0.1, -0.05) is 18.2 Å². The van der Waals surface area contributed by atoms with E-state index in [4.69, 9.17) is 4.42 Å². The molecule has 1 aromatic heterocycles. The van der Waals surface area contributed by atoms with Gasteiger partial charge >= 0.3 is 0 Å². The van der Waals surface area contributed by atoms with E-state index < -0.39 is 28.8 Å². The summed E-state index contributed by atoms with van der Waals surface area (Å²) in [6.45, 7) is 0. The fourth-order valence-corrected chi connectivity index (χ4v) is 4.20. The fraction of sp³-hybridized carbons (Fsp3) is 0. The van der Waals surface area contributed by atoms with Crippen molar-refractivity contribution in [3.63, 3.8) is 0 Å². The number of ketones is 2. The molecule has 0 amide bonds. The summed E-state index contributed by atoms with van der Waals surface area (Å²) in [6, 6.07) is 15.9. The smallest absolute Gasteiger partial charge is 0.201 e.